The maximum Gasteiger partial charge on any atom is 0.0446 e. The fourth-order valence-corrected chi connectivity index (χ4v) is 3.66. The van der Waals surface area contributed by atoms with Crippen LogP contribution in [0.4, 0.5) is 0 Å². The van der Waals surface area contributed by atoms with Crippen LogP contribution in [0.3, 0.4) is 0 Å². The molecule has 2 rings (SSSR count). The predicted molar refractivity (Wildman–Crippen MR) is 91.6 cm³/mol. The van der Waals surface area contributed by atoms with Gasteiger partial charge in [0.05, 0.1) is 0 Å². The van der Waals surface area contributed by atoms with Gasteiger partial charge in [-0.1, -0.05) is 45.0 Å². The van der Waals surface area contributed by atoms with Gasteiger partial charge in [0, 0.05) is 25.2 Å². The van der Waals surface area contributed by atoms with E-state index in [9.17, 15) is 0 Å². The van der Waals surface area contributed by atoms with Gasteiger partial charge in [-0.2, -0.15) is 0 Å². The van der Waals surface area contributed by atoms with Gasteiger partial charge in [-0.05, 0) is 49.8 Å². The van der Waals surface area contributed by atoms with Crippen LogP contribution in [0.15, 0.2) is 24.3 Å². The van der Waals surface area contributed by atoms with Crippen LogP contribution in [0.2, 0.25) is 0 Å². The largest absolute Gasteiger partial charge is 0.312 e. The van der Waals surface area contributed by atoms with Crippen LogP contribution in [0, 0.1) is 11.8 Å². The van der Waals surface area contributed by atoms with E-state index in [0.29, 0.717) is 12.1 Å². The van der Waals surface area contributed by atoms with Gasteiger partial charge in [0.1, 0.15) is 0 Å². The molecule has 0 aromatic heterocycles. The quantitative estimate of drug-likeness (QED) is 0.884. The first-order chi connectivity index (χ1) is 10.0. The fourth-order valence-electron chi connectivity index (χ4n) is 3.66. The average Bonchev–Trinajstić information content (AvgIpc) is 2.49. The molecule has 0 saturated carbocycles. The maximum atomic E-state index is 3.51. The number of nitrogens with zero attached hydrogens (tertiary/aromatic N) is 1. The number of rotatable bonds is 5. The molecule has 2 heteroatoms. The van der Waals surface area contributed by atoms with E-state index in [1.54, 1.807) is 0 Å². The van der Waals surface area contributed by atoms with Crippen molar-refractivity contribution in [3.05, 3.63) is 35.4 Å². The highest BCUT2D eigenvalue weighted by Gasteiger charge is 2.30. The van der Waals surface area contributed by atoms with Crippen molar-refractivity contribution >= 4 is 0 Å². The molecule has 1 heterocycles. The molecule has 1 aliphatic rings. The van der Waals surface area contributed by atoms with Gasteiger partial charge in [0.25, 0.3) is 0 Å². The Labute approximate surface area is 130 Å². The predicted octanol–water partition coefficient (Wildman–Crippen LogP) is 3.88. The number of hydrogen-bond donors (Lipinski definition) is 1. The van der Waals surface area contributed by atoms with Crippen LogP contribution >= 0.6 is 0 Å². The third-order valence-corrected chi connectivity index (χ3v) is 5.28. The number of likely N-dealkylation sites (tertiary alicyclic amines) is 1. The highest BCUT2D eigenvalue weighted by atomic mass is 15.2. The van der Waals surface area contributed by atoms with Crippen molar-refractivity contribution in [2.75, 3.05) is 20.1 Å². The minimum atomic E-state index is 0.427. The Morgan fingerprint density at radius 3 is 2.43 bits per heavy atom. The molecule has 1 aliphatic heterocycles. The molecule has 1 aromatic rings. The molecule has 1 aromatic carbocycles. The summed E-state index contributed by atoms with van der Waals surface area (Å²) in [7, 11) is 2.08. The number of nitrogens with one attached hydrogen (secondary N) is 1. The second-order valence-corrected chi connectivity index (χ2v) is 6.95. The standard InChI is InChI=1S/C19H32N2/c1-6-17-7-9-18(10-8-17)19(20-5)13-21-12-14(2)11-15(3)16(21)4/h7-10,14-16,19-20H,6,11-13H2,1-5H3. The van der Waals surface area contributed by atoms with E-state index in [2.05, 4.69) is 69.2 Å². The van der Waals surface area contributed by atoms with Crippen molar-refractivity contribution < 1.29 is 0 Å². The molecule has 0 aliphatic carbocycles. The van der Waals surface area contributed by atoms with Gasteiger partial charge >= 0.3 is 0 Å². The molecule has 21 heavy (non-hydrogen) atoms. The molecule has 118 valence electrons. The van der Waals surface area contributed by atoms with E-state index in [1.807, 2.05) is 0 Å². The molecule has 1 N–H and O–H groups in total. The zero-order valence-electron chi connectivity index (χ0n) is 14.4. The number of aryl methyl sites for hydroxylation is 1. The van der Waals surface area contributed by atoms with Gasteiger partial charge < -0.3 is 5.32 Å². The lowest BCUT2D eigenvalue weighted by molar-refractivity contribution is 0.0710. The summed E-state index contributed by atoms with van der Waals surface area (Å²) in [5.74, 6) is 1.62. The van der Waals surface area contributed by atoms with Crippen LogP contribution in [0.1, 0.15) is 51.3 Å². The van der Waals surface area contributed by atoms with Crippen molar-refractivity contribution in [3.8, 4) is 0 Å². The Kier molecular flexibility index (Phi) is 5.83. The molecule has 0 spiro atoms. The van der Waals surface area contributed by atoms with Crippen LogP contribution in [-0.4, -0.2) is 31.1 Å². The van der Waals surface area contributed by atoms with E-state index in [4.69, 9.17) is 0 Å². The fraction of sp³-hybridized carbons (Fsp3) is 0.684. The smallest absolute Gasteiger partial charge is 0.0446 e. The molecular weight excluding hydrogens is 256 g/mol. The monoisotopic (exact) mass is 288 g/mol. The normalized spacial score (nSPS) is 28.5. The van der Waals surface area contributed by atoms with Crippen molar-refractivity contribution in [2.45, 2.75) is 52.6 Å². The molecule has 0 amide bonds. The third kappa shape index (κ3) is 4.08. The SMILES string of the molecule is CCc1ccc(C(CN2CC(C)CC(C)C2C)NC)cc1. The third-order valence-electron chi connectivity index (χ3n) is 5.28. The van der Waals surface area contributed by atoms with E-state index < -0.39 is 0 Å². The van der Waals surface area contributed by atoms with Gasteiger partial charge in [-0.25, -0.2) is 0 Å². The summed E-state index contributed by atoms with van der Waals surface area (Å²) in [4.78, 5) is 2.67. The van der Waals surface area contributed by atoms with Gasteiger partial charge in [-0.3, -0.25) is 4.90 Å². The lowest BCUT2D eigenvalue weighted by Gasteiger charge is -2.42. The Balaban J connectivity index is 2.06. The first-order valence-corrected chi connectivity index (χ1v) is 8.55. The highest BCUT2D eigenvalue weighted by molar-refractivity contribution is 5.25. The molecule has 0 bridgehead atoms. The molecular formula is C19H32N2. The first kappa shape index (κ1) is 16.5. The molecule has 4 unspecified atom stereocenters. The molecule has 1 fully saturated rings. The lowest BCUT2D eigenvalue weighted by Crippen LogP contribution is -2.48. The second-order valence-electron chi connectivity index (χ2n) is 6.95. The van der Waals surface area contributed by atoms with Gasteiger partial charge in [0.15, 0.2) is 0 Å². The Morgan fingerprint density at radius 1 is 1.19 bits per heavy atom. The Morgan fingerprint density at radius 2 is 1.86 bits per heavy atom. The minimum absolute atomic E-state index is 0.427. The summed E-state index contributed by atoms with van der Waals surface area (Å²) in [6.07, 6.45) is 2.48. The second kappa shape index (κ2) is 7.42. The lowest BCUT2D eigenvalue weighted by atomic mass is 9.85. The molecule has 0 radical (unpaired) electrons. The van der Waals surface area contributed by atoms with Gasteiger partial charge in [0.2, 0.25) is 0 Å². The maximum absolute atomic E-state index is 3.51. The van der Waals surface area contributed by atoms with Crippen LogP contribution < -0.4 is 5.32 Å². The summed E-state index contributed by atoms with van der Waals surface area (Å²) >= 11 is 0. The Hall–Kier alpha value is -0.860. The number of piperidine rings is 1. The summed E-state index contributed by atoms with van der Waals surface area (Å²) in [6, 6.07) is 10.2. The number of benzene rings is 1. The number of hydrogen-bond acceptors (Lipinski definition) is 2. The summed E-state index contributed by atoms with van der Waals surface area (Å²) in [6.45, 7) is 11.7. The average molecular weight is 288 g/mol. The van der Waals surface area contributed by atoms with Gasteiger partial charge in [-0.15, -0.1) is 0 Å². The van der Waals surface area contributed by atoms with Crippen LogP contribution in [-0.2, 0) is 6.42 Å². The first-order valence-electron chi connectivity index (χ1n) is 8.55. The van der Waals surface area contributed by atoms with E-state index in [-0.39, 0.29) is 0 Å². The van der Waals surface area contributed by atoms with Crippen molar-refractivity contribution in [3.63, 3.8) is 0 Å². The van der Waals surface area contributed by atoms with Crippen molar-refractivity contribution in [1.82, 2.24) is 10.2 Å². The topological polar surface area (TPSA) is 15.3 Å². The summed E-state index contributed by atoms with van der Waals surface area (Å²) in [5.41, 5.74) is 2.83. The van der Waals surface area contributed by atoms with E-state index in [0.717, 1.165) is 24.8 Å². The van der Waals surface area contributed by atoms with Crippen LogP contribution in [0.25, 0.3) is 0 Å². The Bertz CT molecular complexity index is 426. The minimum Gasteiger partial charge on any atom is -0.312 e. The van der Waals surface area contributed by atoms with Crippen molar-refractivity contribution in [1.29, 1.82) is 0 Å². The van der Waals surface area contributed by atoms with Crippen molar-refractivity contribution in [2.24, 2.45) is 11.8 Å². The summed E-state index contributed by atoms with van der Waals surface area (Å²) in [5, 5.41) is 3.51. The van der Waals surface area contributed by atoms with E-state index >= 15 is 0 Å². The molecule has 2 nitrogen and oxygen atoms in total. The highest BCUT2D eigenvalue weighted by Crippen LogP contribution is 2.28. The number of likely N-dealkylation sites (N-methyl/N-ethyl adjacent to an activating group) is 1. The zero-order chi connectivity index (χ0) is 15.4. The molecule has 4 atom stereocenters. The zero-order valence-corrected chi connectivity index (χ0v) is 14.4. The van der Waals surface area contributed by atoms with Crippen LogP contribution in [0.5, 0.6) is 0 Å². The van der Waals surface area contributed by atoms with E-state index in [1.165, 1.54) is 24.1 Å². The molecule has 1 saturated heterocycles. The summed E-state index contributed by atoms with van der Waals surface area (Å²) < 4.78 is 0.